The zero-order valence-corrected chi connectivity index (χ0v) is 10.5. The van der Waals surface area contributed by atoms with E-state index in [0.717, 1.165) is 0 Å². The predicted octanol–water partition coefficient (Wildman–Crippen LogP) is 2.13. The molecule has 0 heterocycles. The van der Waals surface area contributed by atoms with Crippen molar-refractivity contribution in [1.82, 2.24) is 0 Å². The molecule has 1 unspecified atom stereocenters. The SMILES string of the molecule is CCOc1c(N)cccc1C(=O)OC(C#N)CC. The first-order chi connectivity index (χ1) is 8.63. The summed E-state index contributed by atoms with van der Waals surface area (Å²) in [6.07, 6.45) is -0.317. The van der Waals surface area contributed by atoms with Crippen LogP contribution in [-0.2, 0) is 4.74 Å². The van der Waals surface area contributed by atoms with Crippen LogP contribution in [0.25, 0.3) is 0 Å². The normalized spacial score (nSPS) is 11.4. The number of nitrogens with two attached hydrogens (primary N) is 1. The highest BCUT2D eigenvalue weighted by molar-refractivity contribution is 5.94. The molecule has 0 aliphatic heterocycles. The van der Waals surface area contributed by atoms with Gasteiger partial charge in [0.2, 0.25) is 0 Å². The summed E-state index contributed by atoms with van der Waals surface area (Å²) in [7, 11) is 0. The third-order valence-electron chi connectivity index (χ3n) is 2.32. The van der Waals surface area contributed by atoms with Crippen molar-refractivity contribution >= 4 is 11.7 Å². The number of nitrogens with zero attached hydrogens (tertiary/aromatic N) is 1. The molecule has 0 amide bonds. The molecule has 0 radical (unpaired) electrons. The maximum atomic E-state index is 11.9. The van der Waals surface area contributed by atoms with Gasteiger partial charge in [-0.15, -0.1) is 0 Å². The fourth-order valence-corrected chi connectivity index (χ4v) is 1.41. The number of hydrogen-bond acceptors (Lipinski definition) is 5. The van der Waals surface area contributed by atoms with Crippen LogP contribution in [0.2, 0.25) is 0 Å². The quantitative estimate of drug-likeness (QED) is 0.637. The Morgan fingerprint density at radius 3 is 2.78 bits per heavy atom. The van der Waals surface area contributed by atoms with Crippen molar-refractivity contribution in [3.8, 4) is 11.8 Å². The third kappa shape index (κ3) is 3.14. The second-order valence-corrected chi connectivity index (χ2v) is 3.59. The number of ether oxygens (including phenoxy) is 2. The summed E-state index contributed by atoms with van der Waals surface area (Å²) in [6, 6.07) is 6.75. The van der Waals surface area contributed by atoms with E-state index in [2.05, 4.69) is 0 Å². The van der Waals surface area contributed by atoms with Gasteiger partial charge in [-0.05, 0) is 25.5 Å². The molecular formula is C13H16N2O3. The molecule has 0 saturated heterocycles. The second-order valence-electron chi connectivity index (χ2n) is 3.59. The lowest BCUT2D eigenvalue weighted by Crippen LogP contribution is -2.17. The lowest BCUT2D eigenvalue weighted by atomic mass is 10.1. The van der Waals surface area contributed by atoms with Gasteiger partial charge < -0.3 is 15.2 Å². The van der Waals surface area contributed by atoms with Crippen LogP contribution < -0.4 is 10.5 Å². The summed E-state index contributed by atoms with van der Waals surface area (Å²) in [4.78, 5) is 11.9. The van der Waals surface area contributed by atoms with E-state index in [4.69, 9.17) is 20.5 Å². The van der Waals surface area contributed by atoms with Gasteiger partial charge in [0.1, 0.15) is 11.6 Å². The van der Waals surface area contributed by atoms with Crippen LogP contribution in [0, 0.1) is 11.3 Å². The van der Waals surface area contributed by atoms with E-state index < -0.39 is 12.1 Å². The van der Waals surface area contributed by atoms with Gasteiger partial charge in [0.25, 0.3) is 0 Å². The number of anilines is 1. The maximum Gasteiger partial charge on any atom is 0.343 e. The van der Waals surface area contributed by atoms with Crippen molar-refractivity contribution in [2.24, 2.45) is 0 Å². The van der Waals surface area contributed by atoms with Gasteiger partial charge in [-0.1, -0.05) is 13.0 Å². The lowest BCUT2D eigenvalue weighted by molar-refractivity contribution is 0.0397. The van der Waals surface area contributed by atoms with Crippen LogP contribution in [0.3, 0.4) is 0 Å². The fraction of sp³-hybridized carbons (Fsp3) is 0.385. The third-order valence-corrected chi connectivity index (χ3v) is 2.32. The molecule has 1 rings (SSSR count). The number of rotatable bonds is 5. The molecule has 0 spiro atoms. The Kier molecular flexibility index (Phi) is 5.00. The standard InChI is InChI=1S/C13H16N2O3/c1-3-9(8-14)18-13(16)10-6-5-7-11(15)12(10)17-4-2/h5-7,9H,3-4,15H2,1-2H3. The van der Waals surface area contributed by atoms with Gasteiger partial charge in [-0.25, -0.2) is 4.79 Å². The van der Waals surface area contributed by atoms with Crippen molar-refractivity contribution in [2.45, 2.75) is 26.4 Å². The number of carbonyl (C=O) groups excluding carboxylic acids is 1. The van der Waals surface area contributed by atoms with Crippen LogP contribution in [0.15, 0.2) is 18.2 Å². The molecular weight excluding hydrogens is 232 g/mol. The molecule has 2 N–H and O–H groups in total. The average molecular weight is 248 g/mol. The van der Waals surface area contributed by atoms with Crippen molar-refractivity contribution < 1.29 is 14.3 Å². The summed E-state index contributed by atoms with van der Waals surface area (Å²) in [6.45, 7) is 3.96. The minimum atomic E-state index is -0.756. The number of para-hydroxylation sites is 1. The predicted molar refractivity (Wildman–Crippen MR) is 67.1 cm³/mol. The monoisotopic (exact) mass is 248 g/mol. The number of hydrogen-bond donors (Lipinski definition) is 1. The minimum Gasteiger partial charge on any atom is -0.491 e. The van der Waals surface area contributed by atoms with E-state index in [9.17, 15) is 4.79 Å². The summed E-state index contributed by atoms with van der Waals surface area (Å²) >= 11 is 0. The summed E-state index contributed by atoms with van der Waals surface area (Å²) in [5.41, 5.74) is 6.36. The molecule has 0 aromatic heterocycles. The Morgan fingerprint density at radius 2 is 2.22 bits per heavy atom. The number of esters is 1. The molecule has 1 atom stereocenters. The molecule has 18 heavy (non-hydrogen) atoms. The first-order valence-corrected chi connectivity index (χ1v) is 5.75. The highest BCUT2D eigenvalue weighted by Gasteiger charge is 2.19. The van der Waals surface area contributed by atoms with Gasteiger partial charge >= 0.3 is 5.97 Å². The summed E-state index contributed by atoms with van der Waals surface area (Å²) in [5, 5.41) is 8.77. The summed E-state index contributed by atoms with van der Waals surface area (Å²) < 4.78 is 10.4. The van der Waals surface area contributed by atoms with Gasteiger partial charge in [-0.2, -0.15) is 5.26 Å². The number of nitrogen functional groups attached to an aromatic ring is 1. The minimum absolute atomic E-state index is 0.241. The molecule has 96 valence electrons. The Labute approximate surface area is 106 Å². The van der Waals surface area contributed by atoms with Gasteiger partial charge in [-0.3, -0.25) is 0 Å². The van der Waals surface area contributed by atoms with Gasteiger partial charge in [0.05, 0.1) is 12.3 Å². The van der Waals surface area contributed by atoms with Crippen molar-refractivity contribution in [2.75, 3.05) is 12.3 Å². The molecule has 5 nitrogen and oxygen atoms in total. The molecule has 1 aromatic carbocycles. The van der Waals surface area contributed by atoms with Crippen molar-refractivity contribution in [3.05, 3.63) is 23.8 Å². The van der Waals surface area contributed by atoms with Crippen LogP contribution in [0.5, 0.6) is 5.75 Å². The Hall–Kier alpha value is -2.22. The highest BCUT2D eigenvalue weighted by atomic mass is 16.5. The Bertz CT molecular complexity index is 466. The molecule has 5 heteroatoms. The molecule has 1 aromatic rings. The number of benzene rings is 1. The number of nitriles is 1. The molecule has 0 bridgehead atoms. The van der Waals surface area contributed by atoms with Crippen LogP contribution in [0.4, 0.5) is 5.69 Å². The maximum absolute atomic E-state index is 11.9. The van der Waals surface area contributed by atoms with Crippen molar-refractivity contribution in [1.29, 1.82) is 5.26 Å². The second kappa shape index (κ2) is 6.50. The fourth-order valence-electron chi connectivity index (χ4n) is 1.41. The van der Waals surface area contributed by atoms with Crippen LogP contribution >= 0.6 is 0 Å². The highest BCUT2D eigenvalue weighted by Crippen LogP contribution is 2.27. The number of carbonyl (C=O) groups is 1. The Morgan fingerprint density at radius 1 is 1.50 bits per heavy atom. The van der Waals surface area contributed by atoms with E-state index in [1.165, 1.54) is 0 Å². The van der Waals surface area contributed by atoms with Gasteiger partial charge in [0.15, 0.2) is 11.9 Å². The average Bonchev–Trinajstić information content (AvgIpc) is 2.38. The largest absolute Gasteiger partial charge is 0.491 e. The zero-order valence-electron chi connectivity index (χ0n) is 10.5. The lowest BCUT2D eigenvalue weighted by Gasteiger charge is -2.13. The molecule has 0 saturated carbocycles. The van der Waals surface area contributed by atoms with E-state index >= 15 is 0 Å². The molecule has 0 aliphatic rings. The first kappa shape index (κ1) is 13.8. The summed E-state index contributed by atoms with van der Waals surface area (Å²) in [5.74, 6) is -0.294. The molecule has 0 aliphatic carbocycles. The zero-order chi connectivity index (χ0) is 13.5. The Balaban J connectivity index is 2.98. The smallest absolute Gasteiger partial charge is 0.343 e. The molecule has 0 fully saturated rings. The van der Waals surface area contributed by atoms with E-state index in [-0.39, 0.29) is 5.56 Å². The first-order valence-electron chi connectivity index (χ1n) is 5.75. The van der Waals surface area contributed by atoms with E-state index in [1.807, 2.05) is 6.07 Å². The van der Waals surface area contributed by atoms with Crippen LogP contribution in [0.1, 0.15) is 30.6 Å². The van der Waals surface area contributed by atoms with Gasteiger partial charge in [0, 0.05) is 0 Å². The van der Waals surface area contributed by atoms with Crippen LogP contribution in [-0.4, -0.2) is 18.7 Å². The van der Waals surface area contributed by atoms with E-state index in [0.29, 0.717) is 24.5 Å². The topological polar surface area (TPSA) is 85.3 Å². The van der Waals surface area contributed by atoms with E-state index in [1.54, 1.807) is 32.0 Å². The van der Waals surface area contributed by atoms with Crippen molar-refractivity contribution in [3.63, 3.8) is 0 Å².